The molecule has 0 saturated carbocycles. The lowest BCUT2D eigenvalue weighted by molar-refractivity contribution is -0.274. The van der Waals surface area contributed by atoms with Crippen LogP contribution in [0.25, 0.3) is 0 Å². The second-order valence-corrected chi connectivity index (χ2v) is 6.63. The van der Waals surface area contributed by atoms with Crippen molar-refractivity contribution in [3.63, 3.8) is 0 Å². The fourth-order valence-corrected chi connectivity index (χ4v) is 3.87. The quantitative estimate of drug-likeness (QED) is 0.744. The van der Waals surface area contributed by atoms with Crippen LogP contribution in [0, 0.1) is 5.92 Å². The van der Waals surface area contributed by atoms with E-state index in [2.05, 4.69) is 15.0 Å². The molecule has 2 aliphatic heterocycles. The Hall–Kier alpha value is -0.930. The Labute approximate surface area is 175 Å². The van der Waals surface area contributed by atoms with E-state index in [9.17, 15) is 13.2 Å². The molecule has 0 aliphatic carbocycles. The molecule has 1 N–H and O–H groups in total. The van der Waals surface area contributed by atoms with Gasteiger partial charge in [0.25, 0.3) is 0 Å². The molecule has 2 aliphatic rings. The standard InChI is InChI=1S/C18H25F3N2O3.2ClH/c1-24-16-12-14(26-18(19,20)21)2-3-15(16)17(13-4-10-25-11-5-13)23-8-6-22-7-9-23;;/h2-3,12-13,17,22H,4-11H2,1H3;2*1H/t17-;;/m1../s1. The smallest absolute Gasteiger partial charge is 0.496 e. The van der Waals surface area contributed by atoms with Crippen LogP contribution in [-0.2, 0) is 4.74 Å². The van der Waals surface area contributed by atoms with Crippen molar-refractivity contribution < 1.29 is 27.4 Å². The molecular weight excluding hydrogens is 420 g/mol. The maximum Gasteiger partial charge on any atom is 0.573 e. The van der Waals surface area contributed by atoms with Crippen LogP contribution < -0.4 is 14.8 Å². The zero-order chi connectivity index (χ0) is 18.6. The van der Waals surface area contributed by atoms with Gasteiger partial charge in [-0.25, -0.2) is 0 Å². The predicted molar refractivity (Wildman–Crippen MR) is 105 cm³/mol. The Bertz CT molecular complexity index is 578. The van der Waals surface area contributed by atoms with Gasteiger partial charge in [0.1, 0.15) is 11.5 Å². The topological polar surface area (TPSA) is 43.0 Å². The summed E-state index contributed by atoms with van der Waals surface area (Å²) in [4.78, 5) is 2.40. The largest absolute Gasteiger partial charge is 0.573 e. The third-order valence-electron chi connectivity index (χ3n) is 5.01. The van der Waals surface area contributed by atoms with Crippen LogP contribution in [-0.4, -0.2) is 57.8 Å². The van der Waals surface area contributed by atoms with Gasteiger partial charge in [0.2, 0.25) is 0 Å². The molecule has 0 spiro atoms. The van der Waals surface area contributed by atoms with E-state index < -0.39 is 6.36 Å². The Morgan fingerprint density at radius 3 is 2.36 bits per heavy atom. The van der Waals surface area contributed by atoms with Crippen molar-refractivity contribution in [1.29, 1.82) is 0 Å². The van der Waals surface area contributed by atoms with Crippen LogP contribution in [0.4, 0.5) is 13.2 Å². The molecule has 0 bridgehead atoms. The average Bonchev–Trinajstić information content (AvgIpc) is 2.63. The van der Waals surface area contributed by atoms with Gasteiger partial charge in [-0.3, -0.25) is 4.90 Å². The summed E-state index contributed by atoms with van der Waals surface area (Å²) in [6.45, 7) is 5.02. The number of methoxy groups -OCH3 is 1. The third kappa shape index (κ3) is 6.56. The van der Waals surface area contributed by atoms with Gasteiger partial charge in [-0.2, -0.15) is 0 Å². The van der Waals surface area contributed by atoms with Crippen molar-refractivity contribution in [3.05, 3.63) is 23.8 Å². The van der Waals surface area contributed by atoms with E-state index in [1.807, 2.05) is 0 Å². The van der Waals surface area contributed by atoms with Gasteiger partial charge in [-0.05, 0) is 24.8 Å². The number of rotatable bonds is 5. The maximum absolute atomic E-state index is 12.5. The Morgan fingerprint density at radius 2 is 1.79 bits per heavy atom. The molecule has 162 valence electrons. The lowest BCUT2D eigenvalue weighted by Gasteiger charge is -2.41. The van der Waals surface area contributed by atoms with Crippen LogP contribution in [0.5, 0.6) is 11.5 Å². The van der Waals surface area contributed by atoms with Gasteiger partial charge in [-0.15, -0.1) is 38.0 Å². The van der Waals surface area contributed by atoms with Crippen molar-refractivity contribution in [3.8, 4) is 11.5 Å². The van der Waals surface area contributed by atoms with Crippen LogP contribution in [0.3, 0.4) is 0 Å². The van der Waals surface area contributed by atoms with Crippen LogP contribution in [0.15, 0.2) is 18.2 Å². The van der Waals surface area contributed by atoms with E-state index in [0.29, 0.717) is 24.9 Å². The van der Waals surface area contributed by atoms with Gasteiger partial charge < -0.3 is 19.5 Å². The summed E-state index contributed by atoms with van der Waals surface area (Å²) in [7, 11) is 1.48. The molecule has 3 rings (SSSR count). The van der Waals surface area contributed by atoms with E-state index in [4.69, 9.17) is 9.47 Å². The summed E-state index contributed by atoms with van der Waals surface area (Å²) in [5, 5.41) is 3.34. The fourth-order valence-electron chi connectivity index (χ4n) is 3.87. The second-order valence-electron chi connectivity index (χ2n) is 6.63. The Morgan fingerprint density at radius 1 is 1.14 bits per heavy atom. The SMILES string of the molecule is COc1cc(OC(F)(F)F)ccc1[C@@H](C1CCOCC1)N1CCNCC1.Cl.Cl. The lowest BCUT2D eigenvalue weighted by atomic mass is 9.85. The highest BCUT2D eigenvalue weighted by Crippen LogP contribution is 2.41. The highest BCUT2D eigenvalue weighted by Gasteiger charge is 2.35. The van der Waals surface area contributed by atoms with Gasteiger partial charge in [0.05, 0.1) is 7.11 Å². The van der Waals surface area contributed by atoms with Crippen molar-refractivity contribution in [2.75, 3.05) is 46.5 Å². The van der Waals surface area contributed by atoms with E-state index in [1.54, 1.807) is 6.07 Å². The number of hydrogen-bond acceptors (Lipinski definition) is 5. The minimum absolute atomic E-state index is 0. The maximum atomic E-state index is 12.5. The summed E-state index contributed by atoms with van der Waals surface area (Å²) in [5.74, 6) is 0.552. The van der Waals surface area contributed by atoms with Crippen LogP contribution >= 0.6 is 24.8 Å². The van der Waals surface area contributed by atoms with Gasteiger partial charge in [-0.1, -0.05) is 6.07 Å². The average molecular weight is 447 g/mol. The van der Waals surface area contributed by atoms with Crippen molar-refractivity contribution in [2.24, 2.45) is 5.92 Å². The molecule has 0 amide bonds. The summed E-state index contributed by atoms with van der Waals surface area (Å²) >= 11 is 0. The van der Waals surface area contributed by atoms with E-state index >= 15 is 0 Å². The first kappa shape index (κ1) is 25.1. The van der Waals surface area contributed by atoms with Gasteiger partial charge >= 0.3 is 6.36 Å². The summed E-state index contributed by atoms with van der Waals surface area (Å²) in [6, 6.07) is 4.51. The molecule has 28 heavy (non-hydrogen) atoms. The molecule has 2 heterocycles. The number of nitrogens with one attached hydrogen (secondary N) is 1. The normalized spacial score (nSPS) is 19.9. The van der Waals surface area contributed by atoms with E-state index in [0.717, 1.165) is 44.6 Å². The molecule has 2 saturated heterocycles. The predicted octanol–water partition coefficient (Wildman–Crippen LogP) is 3.81. The molecule has 0 aromatic heterocycles. The number of alkyl halides is 3. The zero-order valence-corrected chi connectivity index (χ0v) is 17.3. The first-order valence-corrected chi connectivity index (χ1v) is 8.94. The highest BCUT2D eigenvalue weighted by molar-refractivity contribution is 5.85. The van der Waals surface area contributed by atoms with Crippen molar-refractivity contribution >= 4 is 24.8 Å². The summed E-state index contributed by atoms with van der Waals surface area (Å²) in [5.41, 5.74) is 0.913. The molecule has 1 atom stereocenters. The lowest BCUT2D eigenvalue weighted by Crippen LogP contribution is -2.47. The highest BCUT2D eigenvalue weighted by atomic mass is 35.5. The number of halogens is 5. The summed E-state index contributed by atoms with van der Waals surface area (Å²) < 4.78 is 52.6. The Balaban J connectivity index is 0.00000196. The number of benzene rings is 1. The monoisotopic (exact) mass is 446 g/mol. The molecular formula is C18H27Cl2F3N2O3. The van der Waals surface area contributed by atoms with Gasteiger partial charge in [0, 0.05) is 57.1 Å². The number of nitrogens with zero attached hydrogens (tertiary/aromatic N) is 1. The molecule has 5 nitrogen and oxygen atoms in total. The molecule has 1 aromatic carbocycles. The van der Waals surface area contributed by atoms with Crippen LogP contribution in [0.2, 0.25) is 0 Å². The molecule has 2 fully saturated rings. The molecule has 10 heteroatoms. The zero-order valence-electron chi connectivity index (χ0n) is 15.7. The first-order chi connectivity index (χ1) is 12.5. The van der Waals surface area contributed by atoms with Crippen molar-refractivity contribution in [1.82, 2.24) is 10.2 Å². The number of ether oxygens (including phenoxy) is 3. The van der Waals surface area contributed by atoms with Crippen LogP contribution in [0.1, 0.15) is 24.4 Å². The minimum atomic E-state index is -4.72. The van der Waals surface area contributed by atoms with Crippen molar-refractivity contribution in [2.45, 2.75) is 25.2 Å². The second kappa shape index (κ2) is 11.3. The van der Waals surface area contributed by atoms with E-state index in [-0.39, 0.29) is 36.6 Å². The number of piperazine rings is 1. The summed E-state index contributed by atoms with van der Waals surface area (Å²) in [6.07, 6.45) is -2.86. The third-order valence-corrected chi connectivity index (χ3v) is 5.01. The number of hydrogen-bond donors (Lipinski definition) is 1. The fraction of sp³-hybridized carbons (Fsp3) is 0.667. The molecule has 0 radical (unpaired) electrons. The van der Waals surface area contributed by atoms with Gasteiger partial charge in [0.15, 0.2) is 0 Å². The first-order valence-electron chi connectivity index (χ1n) is 8.94. The Kier molecular flexibility index (Phi) is 10.1. The minimum Gasteiger partial charge on any atom is -0.496 e. The molecule has 0 unspecified atom stereocenters. The molecule has 1 aromatic rings. The van der Waals surface area contributed by atoms with E-state index in [1.165, 1.54) is 19.2 Å².